The molecule has 9 rings (SSSR count). The van der Waals surface area contributed by atoms with Crippen molar-refractivity contribution in [3.8, 4) is 45.2 Å². The molecule has 1 unspecified atom stereocenters. The highest BCUT2D eigenvalue weighted by atomic mass is 15.1. The molecule has 0 spiro atoms. The van der Waals surface area contributed by atoms with Crippen LogP contribution in [0.25, 0.3) is 33.4 Å². The van der Waals surface area contributed by atoms with Crippen LogP contribution in [0.3, 0.4) is 0 Å². The van der Waals surface area contributed by atoms with Gasteiger partial charge in [0.05, 0.1) is 0 Å². The fourth-order valence-electron chi connectivity index (χ4n) is 7.61. The van der Waals surface area contributed by atoms with Crippen molar-refractivity contribution in [3.63, 3.8) is 0 Å². The summed E-state index contributed by atoms with van der Waals surface area (Å²) in [6.45, 7) is 0. The first-order valence-corrected chi connectivity index (χ1v) is 17.8. The molecule has 0 bridgehead atoms. The number of anilines is 3. The van der Waals surface area contributed by atoms with Crippen molar-refractivity contribution in [3.05, 3.63) is 235 Å². The van der Waals surface area contributed by atoms with E-state index < -0.39 is 5.41 Å². The second kappa shape index (κ2) is 13.4. The van der Waals surface area contributed by atoms with Crippen molar-refractivity contribution in [1.82, 2.24) is 0 Å². The molecule has 0 amide bonds. The minimum atomic E-state index is -0.656. The Balaban J connectivity index is 1.17. The summed E-state index contributed by atoms with van der Waals surface area (Å²) in [6.07, 6.45) is 0. The van der Waals surface area contributed by atoms with Crippen LogP contribution in [-0.4, -0.2) is 0 Å². The average Bonchev–Trinajstić information content (AvgIpc) is 3.51. The van der Waals surface area contributed by atoms with E-state index in [4.69, 9.17) is 0 Å². The van der Waals surface area contributed by atoms with Crippen molar-refractivity contribution >= 4 is 17.1 Å². The summed E-state index contributed by atoms with van der Waals surface area (Å²) in [4.78, 5) is 2.35. The summed E-state index contributed by atoms with van der Waals surface area (Å²) < 4.78 is 0. The van der Waals surface area contributed by atoms with Gasteiger partial charge in [0.1, 0.15) is 5.41 Å². The Morgan fingerprint density at radius 2 is 0.808 bits per heavy atom. The van der Waals surface area contributed by atoms with Crippen LogP contribution in [0.2, 0.25) is 0 Å². The van der Waals surface area contributed by atoms with Crippen molar-refractivity contribution in [2.45, 2.75) is 5.41 Å². The van der Waals surface area contributed by atoms with Crippen LogP contribution in [-0.2, 0) is 5.41 Å². The van der Waals surface area contributed by atoms with Gasteiger partial charge in [-0.25, -0.2) is 0 Å². The van der Waals surface area contributed by atoms with E-state index in [-0.39, 0.29) is 0 Å². The topological polar surface area (TPSA) is 3.24 Å². The normalized spacial score (nSPS) is 14.1. The maximum atomic E-state index is 3.86. The van der Waals surface area contributed by atoms with Crippen LogP contribution in [0, 0.1) is 11.8 Å². The molecule has 1 atom stereocenters. The highest BCUT2D eigenvalue weighted by Crippen LogP contribution is 2.54. The Kier molecular flexibility index (Phi) is 8.05. The first-order valence-electron chi connectivity index (χ1n) is 17.8. The first-order chi connectivity index (χ1) is 25.8. The van der Waals surface area contributed by atoms with E-state index in [1.807, 2.05) is 6.07 Å². The zero-order chi connectivity index (χ0) is 34.7. The molecule has 8 aromatic rings. The Bertz CT molecular complexity index is 2530. The van der Waals surface area contributed by atoms with Crippen LogP contribution >= 0.6 is 0 Å². The highest BCUT2D eigenvalue weighted by molar-refractivity contribution is 5.89. The second-order valence-corrected chi connectivity index (χ2v) is 13.2. The molecule has 0 aromatic heterocycles. The Morgan fingerprint density at radius 1 is 0.346 bits per heavy atom. The average molecular weight is 662 g/mol. The van der Waals surface area contributed by atoms with E-state index in [9.17, 15) is 0 Å². The molecule has 0 N–H and O–H groups in total. The summed E-state index contributed by atoms with van der Waals surface area (Å²) in [5.41, 5.74) is 14.4. The lowest BCUT2D eigenvalue weighted by atomic mass is 9.72. The van der Waals surface area contributed by atoms with Crippen molar-refractivity contribution in [2.24, 2.45) is 0 Å². The van der Waals surface area contributed by atoms with E-state index in [2.05, 4.69) is 223 Å². The third-order valence-corrected chi connectivity index (χ3v) is 10.1. The van der Waals surface area contributed by atoms with E-state index in [1.165, 1.54) is 44.5 Å². The maximum Gasteiger partial charge on any atom is 0.108 e. The fourth-order valence-corrected chi connectivity index (χ4v) is 7.61. The smallest absolute Gasteiger partial charge is 0.108 e. The number of nitrogens with zero attached hydrogens (tertiary/aromatic N) is 1. The van der Waals surface area contributed by atoms with Gasteiger partial charge in [0.25, 0.3) is 0 Å². The SMILES string of the molecule is C(#CC1(c2ccccc2)c2ccccc2-c2ccc(N(c3ccccc3)c3ccc(-c4ccc(-c5ccccc5)cc4)cc3)cc21)c1ccccc1. The second-order valence-electron chi connectivity index (χ2n) is 13.2. The van der Waals surface area contributed by atoms with Gasteiger partial charge in [-0.15, -0.1) is 0 Å². The highest BCUT2D eigenvalue weighted by Gasteiger charge is 2.44. The predicted molar refractivity (Wildman–Crippen MR) is 217 cm³/mol. The van der Waals surface area contributed by atoms with Gasteiger partial charge < -0.3 is 4.90 Å². The maximum absolute atomic E-state index is 3.86. The van der Waals surface area contributed by atoms with Gasteiger partial charge in [-0.2, -0.15) is 0 Å². The lowest BCUT2D eigenvalue weighted by Gasteiger charge is -2.30. The lowest BCUT2D eigenvalue weighted by molar-refractivity contribution is 0.837. The van der Waals surface area contributed by atoms with Crippen LogP contribution in [0.15, 0.2) is 212 Å². The molecule has 1 aliphatic rings. The minimum absolute atomic E-state index is 0.656. The molecule has 0 saturated heterocycles. The van der Waals surface area contributed by atoms with Gasteiger partial charge in [0.2, 0.25) is 0 Å². The van der Waals surface area contributed by atoms with Crippen molar-refractivity contribution < 1.29 is 0 Å². The van der Waals surface area contributed by atoms with Gasteiger partial charge in [0.15, 0.2) is 0 Å². The van der Waals surface area contributed by atoms with Crippen LogP contribution in [0.5, 0.6) is 0 Å². The van der Waals surface area contributed by atoms with Crippen LogP contribution in [0.1, 0.15) is 22.3 Å². The fraction of sp³-hybridized carbons (Fsp3) is 0.0196. The Labute approximate surface area is 306 Å². The van der Waals surface area contributed by atoms with E-state index in [0.717, 1.165) is 28.2 Å². The van der Waals surface area contributed by atoms with E-state index in [0.29, 0.717) is 0 Å². The Morgan fingerprint density at radius 3 is 1.46 bits per heavy atom. The number of fused-ring (bicyclic) bond motifs is 3. The molecule has 1 heteroatoms. The molecule has 0 aliphatic heterocycles. The number of para-hydroxylation sites is 1. The summed E-state index contributed by atoms with van der Waals surface area (Å²) in [6, 6.07) is 75.7. The predicted octanol–water partition coefficient (Wildman–Crippen LogP) is 12.9. The number of hydrogen-bond acceptors (Lipinski definition) is 1. The lowest BCUT2D eigenvalue weighted by Crippen LogP contribution is -2.25. The zero-order valence-corrected chi connectivity index (χ0v) is 28.7. The van der Waals surface area contributed by atoms with Gasteiger partial charge in [-0.05, 0) is 98.6 Å². The zero-order valence-electron chi connectivity index (χ0n) is 28.7. The molecule has 244 valence electrons. The summed E-state index contributed by atoms with van der Waals surface area (Å²) in [7, 11) is 0. The summed E-state index contributed by atoms with van der Waals surface area (Å²) in [5, 5.41) is 0. The molecule has 0 saturated carbocycles. The van der Waals surface area contributed by atoms with Crippen molar-refractivity contribution in [1.29, 1.82) is 0 Å². The van der Waals surface area contributed by atoms with Crippen molar-refractivity contribution in [2.75, 3.05) is 4.90 Å². The molecule has 0 heterocycles. The molecule has 1 aliphatic carbocycles. The van der Waals surface area contributed by atoms with Crippen LogP contribution < -0.4 is 4.90 Å². The van der Waals surface area contributed by atoms with Gasteiger partial charge in [0, 0.05) is 22.6 Å². The molecule has 52 heavy (non-hydrogen) atoms. The molecule has 0 fully saturated rings. The molecular weight excluding hydrogens is 627 g/mol. The standard InChI is InChI=1S/C51H35N/c1-5-15-38(16-6-1)35-36-51(43-19-9-3-10-20-43)49-24-14-13-23-47(49)48-34-33-46(37-50(48)51)52(44-21-11-4-12-22-44)45-31-29-42(30-32-45)41-27-25-40(26-28-41)39-17-7-2-8-18-39/h1-34,37H. The minimum Gasteiger partial charge on any atom is -0.310 e. The Hall–Kier alpha value is -6.88. The number of benzene rings is 8. The molecule has 8 aromatic carbocycles. The molecular formula is C51H35N. The van der Waals surface area contributed by atoms with E-state index in [1.54, 1.807) is 0 Å². The number of rotatable bonds is 6. The summed E-state index contributed by atoms with van der Waals surface area (Å²) >= 11 is 0. The first kappa shape index (κ1) is 31.1. The summed E-state index contributed by atoms with van der Waals surface area (Å²) in [5.74, 6) is 7.45. The number of hydrogen-bond donors (Lipinski definition) is 0. The van der Waals surface area contributed by atoms with Crippen LogP contribution in [0.4, 0.5) is 17.1 Å². The van der Waals surface area contributed by atoms with Gasteiger partial charge >= 0.3 is 0 Å². The quantitative estimate of drug-likeness (QED) is 0.160. The van der Waals surface area contributed by atoms with E-state index >= 15 is 0 Å². The van der Waals surface area contributed by atoms with Gasteiger partial charge in [-0.3, -0.25) is 0 Å². The third kappa shape index (κ3) is 5.58. The van der Waals surface area contributed by atoms with Gasteiger partial charge in [-0.1, -0.05) is 176 Å². The monoisotopic (exact) mass is 661 g/mol. The third-order valence-electron chi connectivity index (χ3n) is 10.1. The molecule has 1 nitrogen and oxygen atoms in total. The largest absolute Gasteiger partial charge is 0.310 e. The molecule has 0 radical (unpaired) electrons.